The lowest BCUT2D eigenvalue weighted by atomic mass is 9.89. The maximum Gasteiger partial charge on any atom is 0.0335 e. The molecule has 0 bridgehead atoms. The van der Waals surface area contributed by atoms with Gasteiger partial charge in [-0.1, -0.05) is 0 Å². The molecule has 1 unspecified atom stereocenters. The molecule has 0 saturated carbocycles. The van der Waals surface area contributed by atoms with Gasteiger partial charge < -0.3 is 11.1 Å². The fourth-order valence-electron chi connectivity index (χ4n) is 2.12. The molecule has 0 radical (unpaired) electrons. The molecule has 0 aromatic rings. The molecule has 2 rings (SSSR count). The Kier molecular flexibility index (Phi) is 2.12. The van der Waals surface area contributed by atoms with E-state index in [1.165, 1.54) is 38.1 Å². The molecule has 2 aliphatic heterocycles. The molecule has 3 N–H and O–H groups in total. The van der Waals surface area contributed by atoms with Gasteiger partial charge in [0.2, 0.25) is 0 Å². The van der Waals surface area contributed by atoms with Gasteiger partial charge in [0.05, 0.1) is 0 Å². The Hall–Kier alpha value is 0.270. The van der Waals surface area contributed by atoms with Crippen LogP contribution in [0.5, 0.6) is 0 Å². The summed E-state index contributed by atoms with van der Waals surface area (Å²) in [6, 6.07) is 0.467. The lowest BCUT2D eigenvalue weighted by Crippen LogP contribution is -2.48. The summed E-state index contributed by atoms with van der Waals surface area (Å²) in [5, 5.41) is 3.39. The van der Waals surface area contributed by atoms with Crippen LogP contribution < -0.4 is 11.1 Å². The monoisotopic (exact) mass is 172 g/mol. The normalized spacial score (nSPS) is 36.3. The summed E-state index contributed by atoms with van der Waals surface area (Å²) in [6.45, 7) is 2.33. The summed E-state index contributed by atoms with van der Waals surface area (Å²) in [7, 11) is 0. The van der Waals surface area contributed by atoms with E-state index in [0.29, 0.717) is 10.8 Å². The second-order valence-corrected chi connectivity index (χ2v) is 5.07. The van der Waals surface area contributed by atoms with Crippen LogP contribution in [0.15, 0.2) is 0 Å². The minimum Gasteiger partial charge on any atom is -0.326 e. The molecule has 3 heteroatoms. The first kappa shape index (κ1) is 7.90. The zero-order valence-corrected chi connectivity index (χ0v) is 7.62. The van der Waals surface area contributed by atoms with E-state index >= 15 is 0 Å². The molecular formula is C8H16N2S. The number of thioether (sulfide) groups is 1. The zero-order chi connectivity index (χ0) is 7.73. The molecular weight excluding hydrogens is 156 g/mol. The van der Waals surface area contributed by atoms with Crippen molar-refractivity contribution in [1.29, 1.82) is 0 Å². The lowest BCUT2D eigenvalue weighted by Gasteiger charge is -2.36. The Morgan fingerprint density at radius 3 is 2.64 bits per heavy atom. The molecule has 1 spiro atoms. The highest BCUT2D eigenvalue weighted by Crippen LogP contribution is 2.43. The average Bonchev–Trinajstić information content (AvgIpc) is 2.36. The third-order valence-corrected chi connectivity index (χ3v) is 4.67. The molecule has 2 saturated heterocycles. The van der Waals surface area contributed by atoms with Crippen molar-refractivity contribution in [3.05, 3.63) is 0 Å². The maximum atomic E-state index is 6.10. The molecule has 64 valence electrons. The van der Waals surface area contributed by atoms with Gasteiger partial charge in [-0.15, -0.1) is 0 Å². The Bertz CT molecular complexity index is 143. The van der Waals surface area contributed by atoms with Crippen LogP contribution in [0.1, 0.15) is 19.3 Å². The predicted molar refractivity (Wildman–Crippen MR) is 49.9 cm³/mol. The molecule has 0 amide bonds. The number of nitrogens with two attached hydrogens (primary N) is 1. The van der Waals surface area contributed by atoms with Crippen molar-refractivity contribution >= 4 is 11.8 Å². The number of nitrogens with one attached hydrogen (secondary N) is 1. The van der Waals surface area contributed by atoms with Crippen LogP contribution in [0, 0.1) is 0 Å². The van der Waals surface area contributed by atoms with Crippen LogP contribution in [-0.2, 0) is 0 Å². The maximum absolute atomic E-state index is 6.10. The Labute approximate surface area is 72.3 Å². The van der Waals surface area contributed by atoms with Gasteiger partial charge in [0, 0.05) is 10.8 Å². The van der Waals surface area contributed by atoms with Crippen LogP contribution in [0.2, 0.25) is 0 Å². The number of hydrogen-bond acceptors (Lipinski definition) is 3. The predicted octanol–water partition coefficient (Wildman–Crippen LogP) is 0.573. The first-order valence-corrected chi connectivity index (χ1v) is 5.42. The van der Waals surface area contributed by atoms with Crippen molar-refractivity contribution in [1.82, 2.24) is 5.32 Å². The van der Waals surface area contributed by atoms with E-state index in [2.05, 4.69) is 17.1 Å². The van der Waals surface area contributed by atoms with E-state index in [0.717, 1.165) is 0 Å². The van der Waals surface area contributed by atoms with Gasteiger partial charge in [0.1, 0.15) is 0 Å². The van der Waals surface area contributed by atoms with Gasteiger partial charge in [0.25, 0.3) is 0 Å². The van der Waals surface area contributed by atoms with E-state index in [1.54, 1.807) is 0 Å². The minimum absolute atomic E-state index is 0.464. The smallest absolute Gasteiger partial charge is 0.0335 e. The summed E-state index contributed by atoms with van der Waals surface area (Å²) < 4.78 is 0.464. The molecule has 11 heavy (non-hydrogen) atoms. The molecule has 2 nitrogen and oxygen atoms in total. The van der Waals surface area contributed by atoms with Crippen LogP contribution in [0.3, 0.4) is 0 Å². The number of hydrogen-bond donors (Lipinski definition) is 2. The Morgan fingerprint density at radius 1 is 1.36 bits per heavy atom. The van der Waals surface area contributed by atoms with Crippen LogP contribution in [0.25, 0.3) is 0 Å². The highest BCUT2D eigenvalue weighted by Gasteiger charge is 2.41. The highest BCUT2D eigenvalue weighted by atomic mass is 32.2. The molecule has 0 aliphatic carbocycles. The summed E-state index contributed by atoms with van der Waals surface area (Å²) in [5.41, 5.74) is 6.10. The minimum atomic E-state index is 0.464. The van der Waals surface area contributed by atoms with Crippen molar-refractivity contribution in [2.24, 2.45) is 5.73 Å². The van der Waals surface area contributed by atoms with Crippen molar-refractivity contribution < 1.29 is 0 Å². The SMILES string of the molecule is NC1CCSC12CCNCC2. The van der Waals surface area contributed by atoms with Gasteiger partial charge in [-0.05, 0) is 38.1 Å². The lowest BCUT2D eigenvalue weighted by molar-refractivity contribution is 0.366. The molecule has 0 aromatic carbocycles. The van der Waals surface area contributed by atoms with E-state index in [1.807, 2.05) is 0 Å². The Morgan fingerprint density at radius 2 is 2.09 bits per heavy atom. The molecule has 2 heterocycles. The fourth-order valence-corrected chi connectivity index (χ4v) is 3.73. The summed E-state index contributed by atoms with van der Waals surface area (Å²) in [4.78, 5) is 0. The van der Waals surface area contributed by atoms with Crippen molar-refractivity contribution in [3.63, 3.8) is 0 Å². The second-order valence-electron chi connectivity index (χ2n) is 3.56. The summed E-state index contributed by atoms with van der Waals surface area (Å²) in [6.07, 6.45) is 3.78. The largest absolute Gasteiger partial charge is 0.326 e. The van der Waals surface area contributed by atoms with Crippen molar-refractivity contribution in [2.75, 3.05) is 18.8 Å². The standard InChI is InChI=1S/C8H16N2S/c9-7-1-6-11-8(7)2-4-10-5-3-8/h7,10H,1-6,9H2. The number of rotatable bonds is 0. The second kappa shape index (κ2) is 2.96. The van der Waals surface area contributed by atoms with Crippen LogP contribution in [-0.4, -0.2) is 29.6 Å². The quantitative estimate of drug-likeness (QED) is 0.561. The highest BCUT2D eigenvalue weighted by molar-refractivity contribution is 8.01. The van der Waals surface area contributed by atoms with Gasteiger partial charge in [-0.25, -0.2) is 0 Å². The van der Waals surface area contributed by atoms with Gasteiger partial charge in [-0.3, -0.25) is 0 Å². The van der Waals surface area contributed by atoms with Gasteiger partial charge >= 0.3 is 0 Å². The fraction of sp³-hybridized carbons (Fsp3) is 1.00. The van der Waals surface area contributed by atoms with E-state index in [-0.39, 0.29) is 0 Å². The topological polar surface area (TPSA) is 38.0 Å². The molecule has 2 fully saturated rings. The Balaban J connectivity index is 2.06. The first-order valence-electron chi connectivity index (χ1n) is 4.44. The third-order valence-electron chi connectivity index (χ3n) is 2.94. The molecule has 2 aliphatic rings. The molecule has 1 atom stereocenters. The first-order chi connectivity index (χ1) is 5.33. The van der Waals surface area contributed by atoms with Gasteiger partial charge in [-0.2, -0.15) is 11.8 Å². The summed E-state index contributed by atoms with van der Waals surface area (Å²) in [5.74, 6) is 1.28. The number of piperidine rings is 1. The van der Waals surface area contributed by atoms with Crippen molar-refractivity contribution in [3.8, 4) is 0 Å². The molecule has 0 aromatic heterocycles. The van der Waals surface area contributed by atoms with E-state index in [9.17, 15) is 0 Å². The van der Waals surface area contributed by atoms with Crippen molar-refractivity contribution in [2.45, 2.75) is 30.1 Å². The zero-order valence-electron chi connectivity index (χ0n) is 6.81. The van der Waals surface area contributed by atoms with Gasteiger partial charge in [0.15, 0.2) is 0 Å². The average molecular weight is 172 g/mol. The van der Waals surface area contributed by atoms with E-state index in [4.69, 9.17) is 5.73 Å². The van der Waals surface area contributed by atoms with Crippen LogP contribution >= 0.6 is 11.8 Å². The summed E-state index contributed by atoms with van der Waals surface area (Å²) >= 11 is 2.11. The van der Waals surface area contributed by atoms with E-state index < -0.39 is 0 Å². The third kappa shape index (κ3) is 1.30. The van der Waals surface area contributed by atoms with Crippen LogP contribution in [0.4, 0.5) is 0 Å².